The predicted octanol–water partition coefficient (Wildman–Crippen LogP) is 2.88. The first-order valence-corrected chi connectivity index (χ1v) is 9.92. The fraction of sp³-hybridized carbons (Fsp3) is 0.350. The maximum absolute atomic E-state index is 12.0. The number of aryl methyl sites for hydroxylation is 2. The van der Waals surface area contributed by atoms with E-state index in [0.717, 1.165) is 38.9 Å². The lowest BCUT2D eigenvalue weighted by Crippen LogP contribution is -2.28. The molecular weight excluding hydrogens is 376 g/mol. The molecule has 0 atom stereocenters. The van der Waals surface area contributed by atoms with Crippen LogP contribution >= 0.6 is 11.8 Å². The molecule has 3 aromatic rings. The normalized spacial score (nSPS) is 11.0. The first kappa shape index (κ1) is 20.2. The molecule has 8 heteroatoms. The van der Waals surface area contributed by atoms with Crippen molar-refractivity contribution in [2.75, 3.05) is 33.1 Å². The largest absolute Gasteiger partial charge is 0.496 e. The van der Waals surface area contributed by atoms with E-state index in [2.05, 4.69) is 10.4 Å². The highest BCUT2D eigenvalue weighted by atomic mass is 32.2. The van der Waals surface area contributed by atoms with Crippen LogP contribution in [-0.4, -0.2) is 53.6 Å². The number of para-hydroxylation sites is 1. The van der Waals surface area contributed by atoms with Gasteiger partial charge in [-0.25, -0.2) is 9.50 Å². The molecule has 7 nitrogen and oxygen atoms in total. The van der Waals surface area contributed by atoms with Crippen LogP contribution in [0.25, 0.3) is 16.8 Å². The molecular formula is C20H24N4O3S. The number of benzene rings is 1. The van der Waals surface area contributed by atoms with Crippen LogP contribution in [0.4, 0.5) is 0 Å². The van der Waals surface area contributed by atoms with Crippen molar-refractivity contribution in [2.24, 2.45) is 0 Å². The number of hydrogen-bond donors (Lipinski definition) is 1. The first-order valence-electron chi connectivity index (χ1n) is 8.94. The number of methoxy groups -OCH3 is 2. The molecule has 28 heavy (non-hydrogen) atoms. The van der Waals surface area contributed by atoms with Gasteiger partial charge < -0.3 is 14.8 Å². The van der Waals surface area contributed by atoms with Gasteiger partial charge >= 0.3 is 0 Å². The van der Waals surface area contributed by atoms with Gasteiger partial charge in [0, 0.05) is 24.9 Å². The SMILES string of the molecule is COCCNC(=O)CSc1cc(C)nc2c(-c3ccccc3OC)c(C)nn12. The van der Waals surface area contributed by atoms with Gasteiger partial charge in [0.15, 0.2) is 5.65 Å². The molecule has 148 valence electrons. The summed E-state index contributed by atoms with van der Waals surface area (Å²) >= 11 is 1.43. The van der Waals surface area contributed by atoms with Gasteiger partial charge in [-0.2, -0.15) is 5.10 Å². The number of hydrogen-bond acceptors (Lipinski definition) is 6. The zero-order chi connectivity index (χ0) is 20.1. The van der Waals surface area contributed by atoms with Gasteiger partial charge in [0.25, 0.3) is 0 Å². The van der Waals surface area contributed by atoms with Crippen LogP contribution in [0.5, 0.6) is 5.75 Å². The summed E-state index contributed by atoms with van der Waals surface area (Å²) in [5, 5.41) is 8.38. The van der Waals surface area contributed by atoms with E-state index < -0.39 is 0 Å². The number of aromatic nitrogens is 3. The van der Waals surface area contributed by atoms with Crippen molar-refractivity contribution in [3.05, 3.63) is 41.7 Å². The third-order valence-corrected chi connectivity index (χ3v) is 5.21. The van der Waals surface area contributed by atoms with Gasteiger partial charge in [-0.3, -0.25) is 4.79 Å². The topological polar surface area (TPSA) is 77.8 Å². The van der Waals surface area contributed by atoms with Crippen molar-refractivity contribution in [1.29, 1.82) is 0 Å². The van der Waals surface area contributed by atoms with E-state index in [0.29, 0.717) is 18.9 Å². The fourth-order valence-electron chi connectivity index (χ4n) is 2.96. The summed E-state index contributed by atoms with van der Waals surface area (Å²) in [6.45, 7) is 4.89. The van der Waals surface area contributed by atoms with Gasteiger partial charge in [-0.1, -0.05) is 30.0 Å². The number of ether oxygens (including phenoxy) is 2. The summed E-state index contributed by atoms with van der Waals surface area (Å²) < 4.78 is 12.3. The van der Waals surface area contributed by atoms with Gasteiger partial charge in [-0.15, -0.1) is 0 Å². The van der Waals surface area contributed by atoms with E-state index in [9.17, 15) is 4.79 Å². The van der Waals surface area contributed by atoms with Crippen LogP contribution in [0.1, 0.15) is 11.4 Å². The summed E-state index contributed by atoms with van der Waals surface area (Å²) in [4.78, 5) is 16.8. The van der Waals surface area contributed by atoms with Gasteiger partial charge in [-0.05, 0) is 26.0 Å². The minimum atomic E-state index is -0.0431. The standard InChI is InChI=1S/C20H24N4O3S/c1-13-11-18(28-12-17(25)21-9-10-26-3)24-20(22-13)19(14(2)23-24)15-7-5-6-8-16(15)27-4/h5-8,11H,9-10,12H2,1-4H3,(H,21,25). The molecule has 1 N–H and O–H groups in total. The minimum Gasteiger partial charge on any atom is -0.496 e. The number of thioether (sulfide) groups is 1. The Morgan fingerprint density at radius 1 is 1.25 bits per heavy atom. The molecule has 0 aliphatic carbocycles. The number of carbonyl (C=O) groups is 1. The highest BCUT2D eigenvalue weighted by Gasteiger charge is 2.19. The molecule has 0 fully saturated rings. The van der Waals surface area contributed by atoms with Crippen molar-refractivity contribution in [1.82, 2.24) is 19.9 Å². The number of rotatable bonds is 8. The Morgan fingerprint density at radius 3 is 2.79 bits per heavy atom. The molecule has 0 unspecified atom stereocenters. The Bertz CT molecular complexity index is 987. The lowest BCUT2D eigenvalue weighted by atomic mass is 10.1. The highest BCUT2D eigenvalue weighted by Crippen LogP contribution is 2.35. The Labute approximate surface area is 168 Å². The molecule has 0 saturated carbocycles. The molecule has 2 aromatic heterocycles. The lowest BCUT2D eigenvalue weighted by Gasteiger charge is -2.09. The second-order valence-electron chi connectivity index (χ2n) is 6.26. The Hall–Kier alpha value is -2.58. The van der Waals surface area contributed by atoms with Crippen molar-refractivity contribution in [2.45, 2.75) is 18.9 Å². The second-order valence-corrected chi connectivity index (χ2v) is 7.26. The van der Waals surface area contributed by atoms with Crippen molar-refractivity contribution in [3.63, 3.8) is 0 Å². The lowest BCUT2D eigenvalue weighted by molar-refractivity contribution is -0.118. The summed E-state index contributed by atoms with van der Waals surface area (Å²) in [5.74, 6) is 1.03. The molecule has 1 aromatic carbocycles. The molecule has 0 saturated heterocycles. The van der Waals surface area contributed by atoms with Crippen LogP contribution < -0.4 is 10.1 Å². The zero-order valence-electron chi connectivity index (χ0n) is 16.5. The number of nitrogens with zero attached hydrogens (tertiary/aromatic N) is 3. The van der Waals surface area contributed by atoms with Gasteiger partial charge in [0.2, 0.25) is 5.91 Å². The Kier molecular flexibility index (Phi) is 6.53. The predicted molar refractivity (Wildman–Crippen MR) is 110 cm³/mol. The van der Waals surface area contributed by atoms with Gasteiger partial charge in [0.05, 0.1) is 30.7 Å². The summed E-state index contributed by atoms with van der Waals surface area (Å²) in [7, 11) is 3.26. The van der Waals surface area contributed by atoms with E-state index >= 15 is 0 Å². The molecule has 0 spiro atoms. The molecule has 0 aliphatic rings. The Balaban J connectivity index is 1.95. The van der Waals surface area contributed by atoms with Crippen LogP contribution in [0.15, 0.2) is 35.4 Å². The third kappa shape index (κ3) is 4.28. The van der Waals surface area contributed by atoms with Crippen molar-refractivity contribution < 1.29 is 14.3 Å². The zero-order valence-corrected chi connectivity index (χ0v) is 17.3. The number of fused-ring (bicyclic) bond motifs is 1. The van der Waals surface area contributed by atoms with Crippen LogP contribution in [0, 0.1) is 13.8 Å². The van der Waals surface area contributed by atoms with E-state index in [1.54, 1.807) is 18.7 Å². The average Bonchev–Trinajstić information content (AvgIpc) is 3.01. The smallest absolute Gasteiger partial charge is 0.230 e. The second kappa shape index (κ2) is 9.07. The van der Waals surface area contributed by atoms with E-state index in [4.69, 9.17) is 14.5 Å². The van der Waals surface area contributed by atoms with Crippen molar-refractivity contribution >= 4 is 23.3 Å². The van der Waals surface area contributed by atoms with E-state index in [1.807, 2.05) is 44.2 Å². The highest BCUT2D eigenvalue weighted by molar-refractivity contribution is 7.99. The van der Waals surface area contributed by atoms with Crippen LogP contribution in [0.2, 0.25) is 0 Å². The fourth-order valence-corrected chi connectivity index (χ4v) is 3.85. The quantitative estimate of drug-likeness (QED) is 0.356. The molecule has 0 radical (unpaired) electrons. The average molecular weight is 401 g/mol. The van der Waals surface area contributed by atoms with Crippen LogP contribution in [-0.2, 0) is 9.53 Å². The molecule has 0 aliphatic heterocycles. The molecule has 3 rings (SSSR count). The van der Waals surface area contributed by atoms with Crippen molar-refractivity contribution in [3.8, 4) is 16.9 Å². The third-order valence-electron chi connectivity index (χ3n) is 4.22. The summed E-state index contributed by atoms with van der Waals surface area (Å²) in [6.07, 6.45) is 0. The first-order chi connectivity index (χ1) is 13.5. The summed E-state index contributed by atoms with van der Waals surface area (Å²) in [6, 6.07) is 9.78. The Morgan fingerprint density at radius 2 is 2.04 bits per heavy atom. The number of amides is 1. The monoisotopic (exact) mass is 400 g/mol. The number of nitrogens with one attached hydrogen (secondary N) is 1. The molecule has 2 heterocycles. The maximum Gasteiger partial charge on any atom is 0.230 e. The van der Waals surface area contributed by atoms with Gasteiger partial charge in [0.1, 0.15) is 10.8 Å². The minimum absolute atomic E-state index is 0.0431. The van der Waals surface area contributed by atoms with E-state index in [-0.39, 0.29) is 5.91 Å². The van der Waals surface area contributed by atoms with Crippen LogP contribution in [0.3, 0.4) is 0 Å². The maximum atomic E-state index is 12.0. The molecule has 0 bridgehead atoms. The molecule has 1 amide bonds. The summed E-state index contributed by atoms with van der Waals surface area (Å²) in [5.41, 5.74) is 4.36. The van der Waals surface area contributed by atoms with E-state index in [1.165, 1.54) is 11.8 Å². The number of carbonyl (C=O) groups excluding carboxylic acids is 1.